The van der Waals surface area contributed by atoms with E-state index in [9.17, 15) is 10.1 Å². The molecule has 5 heteroatoms. The first kappa shape index (κ1) is 8.48. The first-order chi connectivity index (χ1) is 5.74. The molecule has 0 spiro atoms. The van der Waals surface area contributed by atoms with Crippen molar-refractivity contribution in [3.63, 3.8) is 0 Å². The number of nitro groups is 1. The zero-order valence-corrected chi connectivity index (χ0v) is 6.14. The van der Waals surface area contributed by atoms with Crippen molar-refractivity contribution >= 4 is 12.0 Å². The van der Waals surface area contributed by atoms with Gasteiger partial charge in [0, 0.05) is 0 Å². The van der Waals surface area contributed by atoms with Crippen LogP contribution >= 0.6 is 0 Å². The minimum atomic E-state index is -0.615. The van der Waals surface area contributed by atoms with Crippen molar-refractivity contribution in [2.45, 2.75) is 0 Å². The minimum absolute atomic E-state index is 0.117. The molecule has 1 heterocycles. The normalized spacial score (nSPS) is 10.8. The summed E-state index contributed by atoms with van der Waals surface area (Å²) in [5.41, 5.74) is 0. The molecule has 0 aromatic carbocycles. The Labute approximate surface area is 68.1 Å². The summed E-state index contributed by atoms with van der Waals surface area (Å²) in [6.45, 7) is -0.117. The number of aliphatic hydroxyl groups excluding tert-OH is 1. The van der Waals surface area contributed by atoms with Gasteiger partial charge in [-0.15, -0.1) is 0 Å². The molecule has 0 saturated heterocycles. The van der Waals surface area contributed by atoms with Crippen LogP contribution in [-0.4, -0.2) is 16.6 Å². The highest BCUT2D eigenvalue weighted by Gasteiger charge is 2.09. The van der Waals surface area contributed by atoms with E-state index in [4.69, 9.17) is 9.52 Å². The van der Waals surface area contributed by atoms with Gasteiger partial charge in [0.25, 0.3) is 0 Å². The van der Waals surface area contributed by atoms with Crippen molar-refractivity contribution in [1.29, 1.82) is 0 Å². The molecule has 0 aliphatic rings. The van der Waals surface area contributed by atoms with Crippen molar-refractivity contribution < 1.29 is 14.4 Å². The fourth-order valence-electron chi connectivity index (χ4n) is 0.699. The molecule has 12 heavy (non-hydrogen) atoms. The summed E-state index contributed by atoms with van der Waals surface area (Å²) >= 11 is 0. The van der Waals surface area contributed by atoms with Crippen molar-refractivity contribution in [2.75, 3.05) is 6.61 Å². The Morgan fingerprint density at radius 1 is 1.67 bits per heavy atom. The Hall–Kier alpha value is -1.62. The van der Waals surface area contributed by atoms with Crippen LogP contribution in [0.1, 0.15) is 5.76 Å². The lowest BCUT2D eigenvalue weighted by Crippen LogP contribution is -1.82. The quantitative estimate of drug-likeness (QED) is 0.544. The molecule has 0 fully saturated rings. The molecule has 0 amide bonds. The summed E-state index contributed by atoms with van der Waals surface area (Å²) in [6.07, 6.45) is 2.90. The third kappa shape index (κ3) is 1.93. The van der Waals surface area contributed by atoms with Gasteiger partial charge < -0.3 is 9.52 Å². The molecule has 0 saturated carbocycles. The van der Waals surface area contributed by atoms with Gasteiger partial charge in [-0.1, -0.05) is 6.08 Å². The maximum Gasteiger partial charge on any atom is 0.433 e. The summed E-state index contributed by atoms with van der Waals surface area (Å²) in [5.74, 6) is 0.0586. The molecule has 1 aromatic heterocycles. The monoisotopic (exact) mass is 169 g/mol. The summed E-state index contributed by atoms with van der Waals surface area (Å²) in [6, 6.07) is 2.72. The molecule has 0 unspecified atom stereocenters. The van der Waals surface area contributed by atoms with E-state index in [0.717, 1.165) is 0 Å². The second kappa shape index (κ2) is 3.68. The molecule has 0 atom stereocenters. The maximum atomic E-state index is 10.1. The first-order valence-corrected chi connectivity index (χ1v) is 3.25. The third-order valence-electron chi connectivity index (χ3n) is 1.18. The average molecular weight is 169 g/mol. The Morgan fingerprint density at radius 3 is 2.92 bits per heavy atom. The Morgan fingerprint density at radius 2 is 2.42 bits per heavy atom. The summed E-state index contributed by atoms with van der Waals surface area (Å²) < 4.78 is 4.75. The SMILES string of the molecule is O=[N+]([O-])c1ccc(/C=C/CO)o1. The number of rotatable bonds is 3. The third-order valence-corrected chi connectivity index (χ3v) is 1.18. The largest absolute Gasteiger partial charge is 0.433 e. The van der Waals surface area contributed by atoms with E-state index in [2.05, 4.69) is 0 Å². The molecule has 1 N–H and O–H groups in total. The number of nitrogens with zero attached hydrogens (tertiary/aromatic N) is 1. The topological polar surface area (TPSA) is 76.5 Å². The molecule has 0 aliphatic carbocycles. The number of aliphatic hydroxyl groups is 1. The second-order valence-electron chi connectivity index (χ2n) is 2.02. The van der Waals surface area contributed by atoms with Gasteiger partial charge in [-0.2, -0.15) is 0 Å². The van der Waals surface area contributed by atoms with E-state index < -0.39 is 4.92 Å². The fourth-order valence-corrected chi connectivity index (χ4v) is 0.699. The van der Waals surface area contributed by atoms with E-state index in [1.807, 2.05) is 0 Å². The van der Waals surface area contributed by atoms with Crippen molar-refractivity contribution in [1.82, 2.24) is 0 Å². The van der Waals surface area contributed by atoms with Crippen LogP contribution in [0.3, 0.4) is 0 Å². The molecular formula is C7H7NO4. The smallest absolute Gasteiger partial charge is 0.401 e. The number of furan rings is 1. The lowest BCUT2D eigenvalue weighted by atomic mass is 10.4. The molecule has 0 radical (unpaired) electrons. The number of hydrogen-bond donors (Lipinski definition) is 1. The van der Waals surface area contributed by atoms with Crippen LogP contribution in [0.25, 0.3) is 6.08 Å². The highest BCUT2D eigenvalue weighted by molar-refractivity contribution is 5.44. The second-order valence-corrected chi connectivity index (χ2v) is 2.02. The predicted molar refractivity (Wildman–Crippen MR) is 41.5 cm³/mol. The van der Waals surface area contributed by atoms with Crippen LogP contribution in [-0.2, 0) is 0 Å². The molecule has 5 nitrogen and oxygen atoms in total. The summed E-state index contributed by atoms with van der Waals surface area (Å²) in [4.78, 5) is 9.51. The van der Waals surface area contributed by atoms with Gasteiger partial charge in [0.15, 0.2) is 0 Å². The van der Waals surface area contributed by atoms with Gasteiger partial charge >= 0.3 is 5.88 Å². The molecule has 64 valence electrons. The lowest BCUT2D eigenvalue weighted by molar-refractivity contribution is -0.402. The standard InChI is InChI=1S/C7H7NO4/c9-5-1-2-6-3-4-7(12-6)8(10)11/h1-4,9H,5H2/b2-1+. The Bertz CT molecular complexity index is 302. The molecule has 1 aromatic rings. The number of hydrogen-bond acceptors (Lipinski definition) is 4. The average Bonchev–Trinajstić information content (AvgIpc) is 2.48. The maximum absolute atomic E-state index is 10.1. The summed E-state index contributed by atoms with van der Waals surface area (Å²) in [7, 11) is 0. The van der Waals surface area contributed by atoms with Crippen LogP contribution in [0.2, 0.25) is 0 Å². The zero-order chi connectivity index (χ0) is 8.97. The first-order valence-electron chi connectivity index (χ1n) is 3.25. The van der Waals surface area contributed by atoms with Crippen molar-refractivity contribution in [3.8, 4) is 0 Å². The Balaban J connectivity index is 2.77. The van der Waals surface area contributed by atoms with Crippen molar-refractivity contribution in [3.05, 3.63) is 34.1 Å². The van der Waals surface area contributed by atoms with E-state index in [1.54, 1.807) is 0 Å². The Kier molecular flexibility index (Phi) is 2.60. The highest BCUT2D eigenvalue weighted by atomic mass is 16.6. The molecule has 0 aliphatic heterocycles. The van der Waals surface area contributed by atoms with Crippen molar-refractivity contribution in [2.24, 2.45) is 0 Å². The molecule has 1 rings (SSSR count). The van der Waals surface area contributed by atoms with Gasteiger partial charge in [-0.3, -0.25) is 10.1 Å². The van der Waals surface area contributed by atoms with Gasteiger partial charge in [-0.25, -0.2) is 0 Å². The summed E-state index contributed by atoms with van der Waals surface area (Å²) in [5, 5.41) is 18.5. The highest BCUT2D eigenvalue weighted by Crippen LogP contribution is 2.16. The van der Waals surface area contributed by atoms with Gasteiger partial charge in [0.2, 0.25) is 0 Å². The van der Waals surface area contributed by atoms with Gasteiger partial charge in [0.1, 0.15) is 10.7 Å². The van der Waals surface area contributed by atoms with E-state index in [1.165, 1.54) is 24.3 Å². The van der Waals surface area contributed by atoms with Crippen LogP contribution in [0.4, 0.5) is 5.88 Å². The van der Waals surface area contributed by atoms with Crippen LogP contribution in [0.5, 0.6) is 0 Å². The zero-order valence-electron chi connectivity index (χ0n) is 6.14. The van der Waals surface area contributed by atoms with Crippen LogP contribution < -0.4 is 0 Å². The predicted octanol–water partition coefficient (Wildman–Crippen LogP) is 1.19. The van der Waals surface area contributed by atoms with E-state index >= 15 is 0 Å². The van der Waals surface area contributed by atoms with E-state index in [-0.39, 0.29) is 12.5 Å². The van der Waals surface area contributed by atoms with Crippen LogP contribution in [0.15, 0.2) is 22.6 Å². The lowest BCUT2D eigenvalue weighted by Gasteiger charge is -1.82. The molecule has 0 bridgehead atoms. The fraction of sp³-hybridized carbons (Fsp3) is 0.143. The van der Waals surface area contributed by atoms with E-state index in [0.29, 0.717) is 5.76 Å². The van der Waals surface area contributed by atoms with Crippen LogP contribution in [0, 0.1) is 10.1 Å². The minimum Gasteiger partial charge on any atom is -0.401 e. The van der Waals surface area contributed by atoms with Gasteiger partial charge in [0.05, 0.1) is 12.7 Å². The van der Waals surface area contributed by atoms with Gasteiger partial charge in [-0.05, 0) is 12.1 Å². The molecular weight excluding hydrogens is 162 g/mol.